The smallest absolute Gasteiger partial charge is 0.360 e. The summed E-state index contributed by atoms with van der Waals surface area (Å²) in [5, 5.41) is 6.44. The van der Waals surface area contributed by atoms with Crippen LogP contribution in [0.1, 0.15) is 6.42 Å². The molecule has 0 unspecified atom stereocenters. The largest absolute Gasteiger partial charge is 0.421 e. The first kappa shape index (κ1) is 16.6. The summed E-state index contributed by atoms with van der Waals surface area (Å²) >= 11 is 5.03. The van der Waals surface area contributed by atoms with E-state index < -0.39 is 13.2 Å². The van der Waals surface area contributed by atoms with E-state index in [1.54, 1.807) is 24.3 Å². The summed E-state index contributed by atoms with van der Waals surface area (Å²) in [6.45, 7) is 0.288. The Morgan fingerprint density at radius 3 is 2.77 bits per heavy atom. The van der Waals surface area contributed by atoms with Crippen LogP contribution in [0.25, 0.3) is 11.0 Å². The van der Waals surface area contributed by atoms with Crippen molar-refractivity contribution in [3.05, 3.63) is 40.8 Å². The first-order valence-corrected chi connectivity index (χ1v) is 8.68. The zero-order chi connectivity index (χ0) is 16.2. The van der Waals surface area contributed by atoms with Gasteiger partial charge in [-0.3, -0.25) is 4.57 Å². The Balaban J connectivity index is 1.95. The van der Waals surface area contributed by atoms with Crippen LogP contribution < -0.4 is 16.3 Å². The van der Waals surface area contributed by atoms with Gasteiger partial charge in [0.15, 0.2) is 5.11 Å². The third-order valence-electron chi connectivity index (χ3n) is 2.80. The molecule has 0 aliphatic carbocycles. The number of hydrogen-bond acceptors (Lipinski definition) is 4. The predicted molar refractivity (Wildman–Crippen MR) is 88.2 cm³/mol. The monoisotopic (exact) mass is 342 g/mol. The molecule has 0 aliphatic heterocycles. The summed E-state index contributed by atoms with van der Waals surface area (Å²) in [5.74, 6) is 0. The number of para-hydroxylation sites is 1. The van der Waals surface area contributed by atoms with E-state index in [4.69, 9.17) is 26.4 Å². The van der Waals surface area contributed by atoms with Gasteiger partial charge in [-0.05, 0) is 30.8 Å². The van der Waals surface area contributed by atoms with Gasteiger partial charge in [-0.2, -0.15) is 0 Å². The first-order chi connectivity index (χ1) is 10.3. The molecule has 4 N–H and O–H groups in total. The molecule has 0 fully saturated rings. The van der Waals surface area contributed by atoms with Crippen LogP contribution in [0.15, 0.2) is 39.5 Å². The topological polar surface area (TPSA) is 112 Å². The highest BCUT2D eigenvalue weighted by Gasteiger charge is 2.12. The molecule has 0 saturated carbocycles. The van der Waals surface area contributed by atoms with Crippen molar-refractivity contribution in [3.8, 4) is 0 Å². The molecule has 1 heterocycles. The van der Waals surface area contributed by atoms with Crippen LogP contribution in [-0.4, -0.2) is 27.6 Å². The van der Waals surface area contributed by atoms with Crippen LogP contribution in [0, 0.1) is 0 Å². The molecule has 22 heavy (non-hydrogen) atoms. The number of nitrogens with one attached hydrogen (secondary N) is 2. The maximum absolute atomic E-state index is 11.8. The van der Waals surface area contributed by atoms with Gasteiger partial charge in [0.25, 0.3) is 0 Å². The predicted octanol–water partition coefficient (Wildman–Crippen LogP) is 1.65. The van der Waals surface area contributed by atoms with E-state index >= 15 is 0 Å². The number of benzene rings is 1. The molecular weight excluding hydrogens is 327 g/mol. The van der Waals surface area contributed by atoms with Crippen molar-refractivity contribution < 1.29 is 18.8 Å². The van der Waals surface area contributed by atoms with Gasteiger partial charge in [0.1, 0.15) is 11.3 Å². The molecule has 0 radical (unpaired) electrons. The van der Waals surface area contributed by atoms with Crippen LogP contribution in [0.3, 0.4) is 0 Å². The molecule has 1 aromatic carbocycles. The zero-order valence-electron chi connectivity index (χ0n) is 11.5. The fourth-order valence-electron chi connectivity index (χ4n) is 1.80. The minimum Gasteiger partial charge on any atom is -0.421 e. The van der Waals surface area contributed by atoms with E-state index in [9.17, 15) is 9.36 Å². The molecule has 0 bridgehead atoms. The lowest BCUT2D eigenvalue weighted by Crippen LogP contribution is -2.31. The van der Waals surface area contributed by atoms with Crippen molar-refractivity contribution in [1.29, 1.82) is 0 Å². The fraction of sp³-hybridized carbons (Fsp3) is 0.231. The third-order valence-corrected chi connectivity index (χ3v) is 3.95. The van der Waals surface area contributed by atoms with Crippen molar-refractivity contribution in [1.82, 2.24) is 5.32 Å². The molecule has 0 amide bonds. The summed E-state index contributed by atoms with van der Waals surface area (Å²) in [7, 11) is -4.00. The Kier molecular flexibility index (Phi) is 5.31. The SMILES string of the molecule is O=c1oc2ccccc2cc1NC(=S)NCCCP(=O)(O)O. The molecule has 2 rings (SSSR count). The van der Waals surface area contributed by atoms with Gasteiger partial charge in [-0.15, -0.1) is 0 Å². The number of thiocarbonyl (C=S) groups is 1. The standard InChI is InChI=1S/C13H15N2O5PS/c16-12-10(8-9-4-1-2-5-11(9)20-12)15-13(22)14-6-3-7-21(17,18)19/h1-2,4-5,8H,3,6-7H2,(H2,14,15,22)(H2,17,18,19). The number of rotatable bonds is 5. The Morgan fingerprint density at radius 1 is 1.32 bits per heavy atom. The van der Waals surface area contributed by atoms with E-state index in [0.29, 0.717) is 5.58 Å². The van der Waals surface area contributed by atoms with Gasteiger partial charge in [-0.25, -0.2) is 4.79 Å². The molecule has 1 aromatic heterocycles. The van der Waals surface area contributed by atoms with Crippen LogP contribution >= 0.6 is 19.8 Å². The maximum Gasteiger partial charge on any atom is 0.360 e. The lowest BCUT2D eigenvalue weighted by atomic mass is 10.2. The molecule has 2 aromatic rings. The number of hydrogen-bond donors (Lipinski definition) is 4. The quantitative estimate of drug-likeness (QED) is 0.281. The second-order valence-electron chi connectivity index (χ2n) is 4.61. The van der Waals surface area contributed by atoms with Crippen molar-refractivity contribution in [3.63, 3.8) is 0 Å². The van der Waals surface area contributed by atoms with E-state index in [1.807, 2.05) is 6.07 Å². The van der Waals surface area contributed by atoms with E-state index in [-0.39, 0.29) is 29.9 Å². The van der Waals surface area contributed by atoms with Crippen LogP contribution in [0.4, 0.5) is 5.69 Å². The molecule has 0 aliphatic rings. The first-order valence-electron chi connectivity index (χ1n) is 6.47. The van der Waals surface area contributed by atoms with Gasteiger partial charge in [-0.1, -0.05) is 18.2 Å². The molecule has 7 nitrogen and oxygen atoms in total. The fourth-order valence-corrected chi connectivity index (χ4v) is 2.58. The average molecular weight is 342 g/mol. The summed E-state index contributed by atoms with van der Waals surface area (Å²) in [5.41, 5.74) is 0.142. The number of fused-ring (bicyclic) bond motifs is 1. The Bertz CT molecular complexity index is 785. The minimum absolute atomic E-state index is 0.188. The van der Waals surface area contributed by atoms with Crippen LogP contribution in [0.5, 0.6) is 0 Å². The lowest BCUT2D eigenvalue weighted by Gasteiger charge is -2.10. The van der Waals surface area contributed by atoms with Gasteiger partial charge in [0.2, 0.25) is 0 Å². The lowest BCUT2D eigenvalue weighted by molar-refractivity contribution is 0.371. The Hall–Kier alpha value is -1.73. The second kappa shape index (κ2) is 7.02. The van der Waals surface area contributed by atoms with E-state index in [1.165, 1.54) is 0 Å². The molecule has 0 atom stereocenters. The summed E-state index contributed by atoms with van der Waals surface area (Å²) < 4.78 is 15.9. The summed E-state index contributed by atoms with van der Waals surface area (Å²) in [4.78, 5) is 29.3. The maximum atomic E-state index is 11.8. The molecule has 0 saturated heterocycles. The van der Waals surface area contributed by atoms with Crippen molar-refractivity contribution in [2.45, 2.75) is 6.42 Å². The minimum atomic E-state index is -4.00. The van der Waals surface area contributed by atoms with E-state index in [2.05, 4.69) is 10.6 Å². The third kappa shape index (κ3) is 4.92. The summed E-state index contributed by atoms with van der Waals surface area (Å²) in [6.07, 6.45) is 0.0408. The highest BCUT2D eigenvalue weighted by atomic mass is 32.1. The molecule has 9 heteroatoms. The molecule has 118 valence electrons. The van der Waals surface area contributed by atoms with Crippen molar-refractivity contribution in [2.24, 2.45) is 0 Å². The van der Waals surface area contributed by atoms with Crippen LogP contribution in [0.2, 0.25) is 0 Å². The number of anilines is 1. The average Bonchev–Trinajstić information content (AvgIpc) is 2.43. The Labute approximate surface area is 131 Å². The zero-order valence-corrected chi connectivity index (χ0v) is 13.2. The van der Waals surface area contributed by atoms with E-state index in [0.717, 1.165) is 5.39 Å². The van der Waals surface area contributed by atoms with Gasteiger partial charge in [0.05, 0.1) is 6.16 Å². The highest BCUT2D eigenvalue weighted by molar-refractivity contribution is 7.80. The Morgan fingerprint density at radius 2 is 2.05 bits per heavy atom. The molecular formula is C13H15N2O5PS. The van der Waals surface area contributed by atoms with Gasteiger partial charge < -0.3 is 24.8 Å². The van der Waals surface area contributed by atoms with Crippen LogP contribution in [-0.2, 0) is 4.57 Å². The van der Waals surface area contributed by atoms with Gasteiger partial charge >= 0.3 is 13.2 Å². The van der Waals surface area contributed by atoms with Gasteiger partial charge in [0, 0.05) is 11.9 Å². The second-order valence-corrected chi connectivity index (χ2v) is 6.79. The van der Waals surface area contributed by atoms with Crippen molar-refractivity contribution in [2.75, 3.05) is 18.0 Å². The summed E-state index contributed by atoms with van der Waals surface area (Å²) in [6, 6.07) is 8.72. The van der Waals surface area contributed by atoms with Crippen molar-refractivity contribution >= 4 is 41.6 Å². The normalized spacial score (nSPS) is 11.4. The highest BCUT2D eigenvalue weighted by Crippen LogP contribution is 2.34. The molecule has 0 spiro atoms.